The van der Waals surface area contributed by atoms with Crippen molar-refractivity contribution in [2.24, 2.45) is 11.3 Å². The lowest BCUT2D eigenvalue weighted by Crippen LogP contribution is -2.58. The largest absolute Gasteiger partial charge is 0.633 e. The molecule has 6 aliphatic rings. The van der Waals surface area contributed by atoms with Crippen molar-refractivity contribution in [3.63, 3.8) is 0 Å². The molecule has 2 saturated carbocycles. The van der Waals surface area contributed by atoms with Crippen LogP contribution < -0.4 is 0 Å². The molecule has 2 spiro atoms. The molecule has 4 heteroatoms. The summed E-state index contributed by atoms with van der Waals surface area (Å²) in [5.74, 6) is 1.02. The van der Waals surface area contributed by atoms with E-state index in [1.807, 2.05) is 0 Å². The van der Waals surface area contributed by atoms with Crippen LogP contribution in [0.25, 0.3) is 10.8 Å². The van der Waals surface area contributed by atoms with Gasteiger partial charge in [0.1, 0.15) is 6.54 Å². The maximum Gasteiger partial charge on any atom is 0.154 e. The van der Waals surface area contributed by atoms with Crippen molar-refractivity contribution in [3.05, 3.63) is 76.5 Å². The number of fused-ring (bicyclic) bond motifs is 2. The quantitative estimate of drug-likeness (QED) is 0.316. The van der Waals surface area contributed by atoms with Gasteiger partial charge in [0.2, 0.25) is 0 Å². The molecule has 2 saturated heterocycles. The van der Waals surface area contributed by atoms with Crippen molar-refractivity contribution >= 4 is 10.8 Å². The van der Waals surface area contributed by atoms with Crippen molar-refractivity contribution in [2.45, 2.75) is 94.0 Å². The number of benzene rings is 2. The van der Waals surface area contributed by atoms with E-state index in [0.717, 1.165) is 38.5 Å². The topological polar surface area (TPSA) is 32.3 Å². The fourth-order valence-corrected chi connectivity index (χ4v) is 9.96. The highest BCUT2D eigenvalue weighted by Gasteiger charge is 2.67. The second-order valence-corrected chi connectivity index (χ2v) is 13.5. The molecule has 0 radical (unpaired) electrons. The first kappa shape index (κ1) is 22.9. The van der Waals surface area contributed by atoms with E-state index in [1.165, 1.54) is 40.3 Å². The molecule has 0 N–H and O–H groups in total. The molecule has 1 unspecified atom stereocenters. The highest BCUT2D eigenvalue weighted by Crippen LogP contribution is 2.69. The maximum absolute atomic E-state index is 14.1. The van der Waals surface area contributed by atoms with Crippen LogP contribution in [0.1, 0.15) is 76.2 Å². The van der Waals surface area contributed by atoms with Gasteiger partial charge in [0.25, 0.3) is 0 Å². The third-order valence-corrected chi connectivity index (χ3v) is 11.8. The zero-order valence-corrected chi connectivity index (χ0v) is 21.9. The molecule has 8 atom stereocenters. The molecule has 2 bridgehead atoms. The fraction of sp³-hybridized carbons (Fsp3) is 0.576. The third kappa shape index (κ3) is 3.04. The Balaban J connectivity index is 1.14. The monoisotopic (exact) mass is 499 g/mol. The third-order valence-electron chi connectivity index (χ3n) is 11.8. The Morgan fingerprint density at radius 3 is 2.73 bits per heavy atom. The SMILES string of the molecule is C[C@]12CC=C3C=C4CC[C@H]([N+]5([O-])CC[C@H](F)C5)C[C@]45CC[C@]3(O5)[C@@H]1CC[C@@H]2c1ccc2ccccc2c1. The van der Waals surface area contributed by atoms with Crippen LogP contribution in [0.4, 0.5) is 4.39 Å². The van der Waals surface area contributed by atoms with E-state index in [9.17, 15) is 9.60 Å². The Hall–Kier alpha value is -2.01. The summed E-state index contributed by atoms with van der Waals surface area (Å²) < 4.78 is 21.2. The summed E-state index contributed by atoms with van der Waals surface area (Å²) in [5.41, 5.74) is 3.96. The molecule has 2 aromatic rings. The van der Waals surface area contributed by atoms with Crippen LogP contribution in [-0.2, 0) is 4.74 Å². The summed E-state index contributed by atoms with van der Waals surface area (Å²) in [6.45, 7) is 3.10. The van der Waals surface area contributed by atoms with Crippen molar-refractivity contribution < 1.29 is 13.8 Å². The summed E-state index contributed by atoms with van der Waals surface area (Å²) in [6.07, 6.45) is 12.6. The number of alkyl halides is 1. The molecule has 194 valence electrons. The second kappa shape index (κ2) is 7.55. The van der Waals surface area contributed by atoms with Crippen LogP contribution in [0.2, 0.25) is 0 Å². The second-order valence-electron chi connectivity index (χ2n) is 13.5. The highest BCUT2D eigenvalue weighted by molar-refractivity contribution is 5.83. The van der Waals surface area contributed by atoms with Gasteiger partial charge in [-0.25, -0.2) is 4.39 Å². The van der Waals surface area contributed by atoms with E-state index < -0.39 is 6.17 Å². The number of nitrogens with zero attached hydrogens (tertiary/aromatic N) is 1. The van der Waals surface area contributed by atoms with E-state index in [1.54, 1.807) is 0 Å². The zero-order valence-electron chi connectivity index (χ0n) is 21.9. The molecule has 2 aromatic carbocycles. The van der Waals surface area contributed by atoms with Crippen LogP contribution >= 0.6 is 0 Å². The van der Waals surface area contributed by atoms with Crippen LogP contribution in [0.3, 0.4) is 0 Å². The molecule has 37 heavy (non-hydrogen) atoms. The lowest BCUT2D eigenvalue weighted by molar-refractivity contribution is -0.896. The lowest BCUT2D eigenvalue weighted by atomic mass is 9.58. The molecule has 3 aliphatic carbocycles. The number of ether oxygens (including phenoxy) is 1. The fourth-order valence-electron chi connectivity index (χ4n) is 9.96. The summed E-state index contributed by atoms with van der Waals surface area (Å²) in [6, 6.07) is 15.8. The maximum atomic E-state index is 14.1. The van der Waals surface area contributed by atoms with Gasteiger partial charge in [-0.15, -0.1) is 0 Å². The summed E-state index contributed by atoms with van der Waals surface area (Å²) in [7, 11) is 0. The first-order chi connectivity index (χ1) is 17.8. The average molecular weight is 500 g/mol. The molecule has 4 fully saturated rings. The number of hydroxylamine groups is 3. The first-order valence-electron chi connectivity index (χ1n) is 14.7. The molecule has 8 rings (SSSR count). The van der Waals surface area contributed by atoms with Gasteiger partial charge in [0.05, 0.1) is 23.8 Å². The van der Waals surface area contributed by atoms with Crippen LogP contribution in [0.15, 0.2) is 65.8 Å². The standard InChI is InChI=1S/C33H38FNO2/c1-31-14-12-26-19-25-8-9-28(35(36)17-13-27(34)21-35)20-32(25)15-16-33(26,37-32)30(31)11-10-29(31)24-7-6-22-4-2-3-5-23(22)18-24/h2-7,12,18-19,27-30H,8-11,13-17,20-21H2,1H3/t27-,28-,29+,30+,31+,32+,33+,35?/m0/s1. The van der Waals surface area contributed by atoms with Crippen LogP contribution in [0, 0.1) is 16.5 Å². The van der Waals surface area contributed by atoms with Crippen molar-refractivity contribution in [3.8, 4) is 0 Å². The number of allylic oxidation sites excluding steroid dienone is 1. The number of quaternary nitrogens is 1. The van der Waals surface area contributed by atoms with Crippen molar-refractivity contribution in [1.29, 1.82) is 0 Å². The zero-order chi connectivity index (χ0) is 25.0. The number of hydrogen-bond acceptors (Lipinski definition) is 2. The molecular formula is C33H38FNO2. The number of rotatable bonds is 2. The van der Waals surface area contributed by atoms with Crippen molar-refractivity contribution in [1.82, 2.24) is 0 Å². The van der Waals surface area contributed by atoms with Crippen LogP contribution in [-0.4, -0.2) is 41.2 Å². The number of likely N-dealkylation sites (tertiary alicyclic amines) is 1. The van der Waals surface area contributed by atoms with E-state index in [0.29, 0.717) is 24.8 Å². The minimum Gasteiger partial charge on any atom is -0.633 e. The van der Waals surface area contributed by atoms with Gasteiger partial charge in [-0.05, 0) is 83.3 Å². The van der Waals surface area contributed by atoms with Gasteiger partial charge >= 0.3 is 0 Å². The number of halogens is 1. The molecular weight excluding hydrogens is 461 g/mol. The molecule has 3 heterocycles. The Bertz CT molecular complexity index is 1350. The van der Waals surface area contributed by atoms with E-state index >= 15 is 0 Å². The lowest BCUT2D eigenvalue weighted by Gasteiger charge is -2.56. The molecule has 3 nitrogen and oxygen atoms in total. The normalized spacial score (nSPS) is 46.2. The summed E-state index contributed by atoms with van der Waals surface area (Å²) in [5, 5.41) is 16.3. The van der Waals surface area contributed by atoms with Gasteiger partial charge in [-0.1, -0.05) is 61.5 Å². The summed E-state index contributed by atoms with van der Waals surface area (Å²) >= 11 is 0. The van der Waals surface area contributed by atoms with Gasteiger partial charge in [0.15, 0.2) is 6.17 Å². The van der Waals surface area contributed by atoms with Gasteiger partial charge in [0, 0.05) is 19.3 Å². The Kier molecular flexibility index (Phi) is 4.68. The average Bonchev–Trinajstić information content (AvgIpc) is 3.55. The first-order valence-corrected chi connectivity index (χ1v) is 14.7. The van der Waals surface area contributed by atoms with Gasteiger partial charge in [-0.2, -0.15) is 0 Å². The highest BCUT2D eigenvalue weighted by atomic mass is 19.1. The molecule has 0 aromatic heterocycles. The van der Waals surface area contributed by atoms with E-state index in [4.69, 9.17) is 4.74 Å². The van der Waals surface area contributed by atoms with E-state index in [-0.39, 0.29) is 33.9 Å². The smallest absolute Gasteiger partial charge is 0.154 e. The molecule has 3 aliphatic heterocycles. The van der Waals surface area contributed by atoms with Gasteiger partial charge < -0.3 is 14.6 Å². The Labute approximate surface area is 219 Å². The predicted molar refractivity (Wildman–Crippen MR) is 145 cm³/mol. The van der Waals surface area contributed by atoms with E-state index in [2.05, 4.69) is 61.5 Å². The summed E-state index contributed by atoms with van der Waals surface area (Å²) in [4.78, 5) is 0. The predicted octanol–water partition coefficient (Wildman–Crippen LogP) is 7.51. The minimum atomic E-state index is -0.937. The van der Waals surface area contributed by atoms with Crippen LogP contribution in [0.5, 0.6) is 0 Å². The Morgan fingerprint density at radius 2 is 1.89 bits per heavy atom. The van der Waals surface area contributed by atoms with Gasteiger partial charge in [-0.3, -0.25) is 0 Å². The number of hydrogen-bond donors (Lipinski definition) is 0. The Morgan fingerprint density at radius 1 is 1.03 bits per heavy atom. The minimum absolute atomic E-state index is 0.0255. The molecule has 0 amide bonds. The van der Waals surface area contributed by atoms with Crippen molar-refractivity contribution in [2.75, 3.05) is 13.1 Å².